The molecule has 5 nitrogen and oxygen atoms in total. The second-order valence-corrected chi connectivity index (χ2v) is 4.43. The van der Waals surface area contributed by atoms with Crippen LogP contribution in [-0.4, -0.2) is 21.7 Å². The lowest BCUT2D eigenvalue weighted by atomic mass is 10.0. The highest BCUT2D eigenvalue weighted by atomic mass is 19.1. The van der Waals surface area contributed by atoms with Gasteiger partial charge in [0.05, 0.1) is 17.8 Å². The van der Waals surface area contributed by atoms with Crippen molar-refractivity contribution in [2.75, 3.05) is 0 Å². The fourth-order valence-corrected chi connectivity index (χ4v) is 2.01. The quantitative estimate of drug-likeness (QED) is 0.863. The molecule has 0 aliphatic carbocycles. The lowest BCUT2D eigenvalue weighted by Crippen LogP contribution is -2.30. The van der Waals surface area contributed by atoms with Crippen LogP contribution >= 0.6 is 0 Å². The van der Waals surface area contributed by atoms with E-state index in [0.717, 1.165) is 0 Å². The molecule has 1 aromatic heterocycles. The van der Waals surface area contributed by atoms with Gasteiger partial charge in [-0.2, -0.15) is 5.10 Å². The Labute approximate surface area is 110 Å². The number of hydrogen-bond donors (Lipinski definition) is 2. The molecule has 1 aromatic carbocycles. The van der Waals surface area contributed by atoms with Crippen LogP contribution in [0.25, 0.3) is 0 Å². The molecule has 0 saturated heterocycles. The first-order valence-electron chi connectivity index (χ1n) is 5.84. The Bertz CT molecular complexity index is 594. The van der Waals surface area contributed by atoms with Crippen LogP contribution in [0, 0.1) is 5.82 Å². The summed E-state index contributed by atoms with van der Waals surface area (Å²) in [6.45, 7) is 1.79. The van der Waals surface area contributed by atoms with Gasteiger partial charge in [-0.05, 0) is 24.6 Å². The summed E-state index contributed by atoms with van der Waals surface area (Å²) in [5.41, 5.74) is 12.1. The van der Waals surface area contributed by atoms with E-state index >= 15 is 0 Å². The van der Waals surface area contributed by atoms with Gasteiger partial charge in [0.15, 0.2) is 0 Å². The van der Waals surface area contributed by atoms with Crippen molar-refractivity contribution in [3.63, 3.8) is 0 Å². The van der Waals surface area contributed by atoms with Crippen LogP contribution in [0.15, 0.2) is 36.7 Å². The van der Waals surface area contributed by atoms with Crippen molar-refractivity contribution in [2.24, 2.45) is 11.5 Å². The summed E-state index contributed by atoms with van der Waals surface area (Å²) in [7, 11) is 0. The summed E-state index contributed by atoms with van der Waals surface area (Å²) < 4.78 is 14.8. The summed E-state index contributed by atoms with van der Waals surface area (Å²) in [4.78, 5) is 11.1. The van der Waals surface area contributed by atoms with Crippen molar-refractivity contribution in [2.45, 2.75) is 19.0 Å². The van der Waals surface area contributed by atoms with E-state index < -0.39 is 5.91 Å². The molecule has 1 amide bonds. The summed E-state index contributed by atoms with van der Waals surface area (Å²) >= 11 is 0. The normalized spacial score (nSPS) is 14.1. The van der Waals surface area contributed by atoms with E-state index in [1.807, 2.05) is 0 Å². The number of primary amides is 1. The molecule has 0 aliphatic rings. The highest BCUT2D eigenvalue weighted by Crippen LogP contribution is 2.21. The van der Waals surface area contributed by atoms with E-state index in [-0.39, 0.29) is 17.9 Å². The van der Waals surface area contributed by atoms with E-state index in [0.29, 0.717) is 11.1 Å². The number of carbonyl (C=O) groups excluding carboxylic acids is 1. The van der Waals surface area contributed by atoms with Crippen molar-refractivity contribution in [3.8, 4) is 0 Å². The highest BCUT2D eigenvalue weighted by molar-refractivity contribution is 5.92. The molecule has 6 heteroatoms. The van der Waals surface area contributed by atoms with Crippen LogP contribution < -0.4 is 11.5 Å². The minimum Gasteiger partial charge on any atom is -0.366 e. The zero-order chi connectivity index (χ0) is 14.0. The van der Waals surface area contributed by atoms with Crippen molar-refractivity contribution >= 4 is 5.91 Å². The molecule has 2 atom stereocenters. The van der Waals surface area contributed by atoms with Crippen LogP contribution in [0.5, 0.6) is 0 Å². The first kappa shape index (κ1) is 13.2. The number of halogens is 1. The topological polar surface area (TPSA) is 86.9 Å². The summed E-state index contributed by atoms with van der Waals surface area (Å²) in [5, 5.41) is 4.08. The van der Waals surface area contributed by atoms with E-state index in [4.69, 9.17) is 11.5 Å². The van der Waals surface area contributed by atoms with Crippen LogP contribution in [0.2, 0.25) is 0 Å². The molecule has 0 aliphatic heterocycles. The Balaban J connectivity index is 2.42. The number of nitrogens with zero attached hydrogens (tertiary/aromatic N) is 2. The molecular weight excluding hydrogens is 247 g/mol. The average Bonchev–Trinajstić information content (AvgIpc) is 2.78. The molecule has 0 fully saturated rings. The summed E-state index contributed by atoms with van der Waals surface area (Å²) in [5.74, 6) is -0.903. The molecule has 0 bridgehead atoms. The number of carbonyl (C=O) groups is 1. The number of nitrogens with two attached hydrogens (primary N) is 2. The Hall–Kier alpha value is -2.21. The molecule has 100 valence electrons. The Morgan fingerprint density at radius 1 is 1.47 bits per heavy atom. The predicted octanol–water partition coefficient (Wildman–Crippen LogP) is 1.06. The minimum absolute atomic E-state index is 0.294. The molecular formula is C13H15FN4O. The maximum Gasteiger partial charge on any atom is 0.251 e. The van der Waals surface area contributed by atoms with Crippen LogP contribution in [0.3, 0.4) is 0 Å². The molecule has 0 radical (unpaired) electrons. The fourth-order valence-electron chi connectivity index (χ4n) is 2.01. The maximum atomic E-state index is 13.3. The molecule has 2 rings (SSSR count). The molecule has 0 spiro atoms. The van der Waals surface area contributed by atoms with Gasteiger partial charge in [0.1, 0.15) is 5.82 Å². The van der Waals surface area contributed by atoms with Gasteiger partial charge < -0.3 is 11.5 Å². The van der Waals surface area contributed by atoms with Gasteiger partial charge in [0.25, 0.3) is 5.91 Å². The Morgan fingerprint density at radius 2 is 2.21 bits per heavy atom. The number of benzene rings is 1. The number of aromatic nitrogens is 2. The van der Waals surface area contributed by atoms with Gasteiger partial charge in [-0.15, -0.1) is 0 Å². The van der Waals surface area contributed by atoms with Crippen molar-refractivity contribution in [1.29, 1.82) is 0 Å². The lowest BCUT2D eigenvalue weighted by molar-refractivity contribution is 0.1000. The summed E-state index contributed by atoms with van der Waals surface area (Å²) in [6.07, 6.45) is 2.89. The van der Waals surface area contributed by atoms with Crippen molar-refractivity contribution in [1.82, 2.24) is 9.78 Å². The van der Waals surface area contributed by atoms with Crippen LogP contribution in [0.4, 0.5) is 4.39 Å². The van der Waals surface area contributed by atoms with Crippen LogP contribution in [-0.2, 0) is 0 Å². The standard InChI is InChI=1S/C13H15FN4O/c1-8(15)12(9-3-2-4-11(14)5-9)18-7-10(6-17-18)13(16)19/h2-8,12H,15H2,1H3,(H2,16,19). The molecule has 0 saturated carbocycles. The maximum absolute atomic E-state index is 13.3. The third kappa shape index (κ3) is 2.79. The molecule has 4 N–H and O–H groups in total. The zero-order valence-electron chi connectivity index (χ0n) is 10.5. The third-order valence-electron chi connectivity index (χ3n) is 2.86. The molecule has 2 unspecified atom stereocenters. The molecule has 1 heterocycles. The van der Waals surface area contributed by atoms with Gasteiger partial charge in [-0.3, -0.25) is 9.48 Å². The second-order valence-electron chi connectivity index (χ2n) is 4.43. The van der Waals surface area contributed by atoms with Gasteiger partial charge in [0.2, 0.25) is 0 Å². The predicted molar refractivity (Wildman–Crippen MR) is 68.9 cm³/mol. The minimum atomic E-state index is -0.561. The van der Waals surface area contributed by atoms with E-state index in [2.05, 4.69) is 5.10 Å². The summed E-state index contributed by atoms with van der Waals surface area (Å²) in [6, 6.07) is 5.48. The monoisotopic (exact) mass is 262 g/mol. The van der Waals surface area contributed by atoms with E-state index in [9.17, 15) is 9.18 Å². The largest absolute Gasteiger partial charge is 0.366 e. The van der Waals surface area contributed by atoms with Gasteiger partial charge >= 0.3 is 0 Å². The van der Waals surface area contributed by atoms with E-state index in [1.54, 1.807) is 19.1 Å². The lowest BCUT2D eigenvalue weighted by Gasteiger charge is -2.21. The molecule has 19 heavy (non-hydrogen) atoms. The number of rotatable bonds is 4. The smallest absolute Gasteiger partial charge is 0.251 e. The van der Waals surface area contributed by atoms with Crippen molar-refractivity contribution < 1.29 is 9.18 Å². The SMILES string of the molecule is CC(N)C(c1cccc(F)c1)n1cc(C(N)=O)cn1. The van der Waals surface area contributed by atoms with Gasteiger partial charge in [-0.25, -0.2) is 4.39 Å². The fraction of sp³-hybridized carbons (Fsp3) is 0.231. The number of amides is 1. The third-order valence-corrected chi connectivity index (χ3v) is 2.86. The first-order chi connectivity index (χ1) is 8.99. The van der Waals surface area contributed by atoms with Gasteiger partial charge in [-0.1, -0.05) is 12.1 Å². The Morgan fingerprint density at radius 3 is 2.74 bits per heavy atom. The second kappa shape index (κ2) is 5.19. The Kier molecular flexibility index (Phi) is 3.62. The average molecular weight is 262 g/mol. The van der Waals surface area contributed by atoms with Crippen LogP contribution in [0.1, 0.15) is 28.9 Å². The van der Waals surface area contributed by atoms with Crippen molar-refractivity contribution in [3.05, 3.63) is 53.6 Å². The highest BCUT2D eigenvalue weighted by Gasteiger charge is 2.20. The number of hydrogen-bond acceptors (Lipinski definition) is 3. The molecule has 2 aromatic rings. The van der Waals surface area contributed by atoms with Gasteiger partial charge in [0, 0.05) is 12.2 Å². The first-order valence-corrected chi connectivity index (χ1v) is 5.84. The zero-order valence-corrected chi connectivity index (χ0v) is 10.5. The van der Waals surface area contributed by atoms with E-state index in [1.165, 1.54) is 29.2 Å².